The molecule has 0 atom stereocenters. The van der Waals surface area contributed by atoms with Crippen molar-refractivity contribution in [3.05, 3.63) is 44.4 Å². The van der Waals surface area contributed by atoms with Crippen molar-refractivity contribution in [1.29, 1.82) is 0 Å². The van der Waals surface area contributed by atoms with Gasteiger partial charge in [0.05, 0.1) is 10.0 Å². The summed E-state index contributed by atoms with van der Waals surface area (Å²) in [5, 5.41) is -0.941. The summed E-state index contributed by atoms with van der Waals surface area (Å²) in [6.45, 7) is 0.847. The molecule has 12 nitrogen and oxygen atoms in total. The molecule has 0 unspecified atom stereocenters. The maximum atomic E-state index is 13.3. The molecule has 0 aromatic heterocycles. The average molecular weight is 708 g/mol. The first kappa shape index (κ1) is 36.5. The van der Waals surface area contributed by atoms with Gasteiger partial charge in [-0.15, -0.1) is 0 Å². The summed E-state index contributed by atoms with van der Waals surface area (Å²) in [5.74, 6) is -4.81. The summed E-state index contributed by atoms with van der Waals surface area (Å²) in [6, 6.07) is 4.24. The van der Waals surface area contributed by atoms with Crippen LogP contribution in [0.2, 0.25) is 20.1 Å². The van der Waals surface area contributed by atoms with E-state index >= 15 is 0 Å². The maximum absolute atomic E-state index is 13.3. The SMILES string of the molecule is CN(C)CCN(C)S(=O)(=O)c1cc(Cl)cc(Cl)c1OC(=O)C(=O)Oc1c(Cl)cc(Cl)cc1S(=O)(=O)N(C)CCN(C)C. The van der Waals surface area contributed by atoms with Crippen LogP contribution in [0, 0.1) is 0 Å². The van der Waals surface area contributed by atoms with E-state index in [0.717, 1.165) is 32.9 Å². The number of sulfonamides is 2. The molecule has 42 heavy (non-hydrogen) atoms. The van der Waals surface area contributed by atoms with Gasteiger partial charge in [-0.25, -0.2) is 26.4 Å². The highest BCUT2D eigenvalue weighted by molar-refractivity contribution is 7.89. The van der Waals surface area contributed by atoms with Gasteiger partial charge in [0.1, 0.15) is 9.79 Å². The molecule has 0 aliphatic carbocycles. The lowest BCUT2D eigenvalue weighted by Crippen LogP contribution is -2.34. The largest absolute Gasteiger partial charge is 0.423 e. The monoisotopic (exact) mass is 706 g/mol. The molecule has 0 fully saturated rings. The molecule has 0 aliphatic heterocycles. The van der Waals surface area contributed by atoms with Gasteiger partial charge in [0.2, 0.25) is 20.0 Å². The zero-order valence-corrected chi connectivity index (χ0v) is 28.2. The third-order valence-electron chi connectivity index (χ3n) is 5.61. The standard InChI is InChI=1S/C24H30Cl4N4O8S2/c1-29(2)7-9-31(5)41(35,36)19-13-15(25)11-17(27)21(19)39-23(33)24(34)40-22-18(28)12-16(26)14-20(22)42(37,38)32(6)10-8-30(3)4/h11-14H,7-10H2,1-6H3. The Hall–Kier alpha value is -1.72. The fourth-order valence-electron chi connectivity index (χ4n) is 3.18. The van der Waals surface area contributed by atoms with E-state index in [1.54, 1.807) is 38.0 Å². The third kappa shape index (κ3) is 9.14. The first-order valence-corrected chi connectivity index (χ1v) is 16.3. The summed E-state index contributed by atoms with van der Waals surface area (Å²) < 4.78 is 65.2. The van der Waals surface area contributed by atoms with Crippen molar-refractivity contribution in [3.8, 4) is 11.5 Å². The molecule has 0 saturated carbocycles. The highest BCUT2D eigenvalue weighted by atomic mass is 35.5. The highest BCUT2D eigenvalue weighted by Crippen LogP contribution is 2.38. The van der Waals surface area contributed by atoms with Crippen LogP contribution in [-0.4, -0.2) is 116 Å². The van der Waals surface area contributed by atoms with E-state index in [0.29, 0.717) is 13.1 Å². The van der Waals surface area contributed by atoms with E-state index in [4.69, 9.17) is 55.9 Å². The summed E-state index contributed by atoms with van der Waals surface area (Å²) in [5.41, 5.74) is 0. The zero-order valence-electron chi connectivity index (χ0n) is 23.5. The first-order valence-electron chi connectivity index (χ1n) is 11.9. The number of benzene rings is 2. The van der Waals surface area contributed by atoms with Gasteiger partial charge in [0.15, 0.2) is 11.5 Å². The Labute approximate surface area is 265 Å². The number of carbonyl (C=O) groups excluding carboxylic acids is 2. The van der Waals surface area contributed by atoms with Crippen LogP contribution in [0.4, 0.5) is 0 Å². The molecule has 0 amide bonds. The van der Waals surface area contributed by atoms with Crippen LogP contribution in [0.5, 0.6) is 11.5 Å². The lowest BCUT2D eigenvalue weighted by atomic mass is 10.3. The van der Waals surface area contributed by atoms with Crippen LogP contribution in [0.25, 0.3) is 0 Å². The Kier molecular flexibility index (Phi) is 12.9. The van der Waals surface area contributed by atoms with E-state index in [2.05, 4.69) is 0 Å². The van der Waals surface area contributed by atoms with Gasteiger partial charge < -0.3 is 19.3 Å². The second-order valence-corrected chi connectivity index (χ2v) is 15.2. The second-order valence-electron chi connectivity index (χ2n) is 9.47. The van der Waals surface area contributed by atoms with Gasteiger partial charge in [0.25, 0.3) is 0 Å². The van der Waals surface area contributed by atoms with Gasteiger partial charge in [-0.05, 0) is 52.5 Å². The summed E-state index contributed by atoms with van der Waals surface area (Å²) in [6.07, 6.45) is 0. The summed E-state index contributed by atoms with van der Waals surface area (Å²) in [4.78, 5) is 28.0. The lowest BCUT2D eigenvalue weighted by Gasteiger charge is -2.22. The normalized spacial score (nSPS) is 12.4. The van der Waals surface area contributed by atoms with E-state index in [9.17, 15) is 26.4 Å². The quantitative estimate of drug-likeness (QED) is 0.184. The average Bonchev–Trinajstić information content (AvgIpc) is 2.87. The van der Waals surface area contributed by atoms with Crippen LogP contribution in [0.15, 0.2) is 34.1 Å². The van der Waals surface area contributed by atoms with Crippen molar-refractivity contribution in [2.45, 2.75) is 9.79 Å². The van der Waals surface area contributed by atoms with Crippen LogP contribution < -0.4 is 9.47 Å². The number of rotatable bonds is 12. The molecule has 0 aliphatic rings. The number of hydrogen-bond acceptors (Lipinski definition) is 10. The lowest BCUT2D eigenvalue weighted by molar-refractivity contribution is -0.156. The predicted octanol–water partition coefficient (Wildman–Crippen LogP) is 3.18. The minimum absolute atomic E-state index is 0.0597. The number of carbonyl (C=O) groups is 2. The molecule has 18 heteroatoms. The molecule has 0 saturated heterocycles. The topological polar surface area (TPSA) is 134 Å². The summed E-state index contributed by atoms with van der Waals surface area (Å²) >= 11 is 24.4. The van der Waals surface area contributed by atoms with Gasteiger partial charge >= 0.3 is 11.9 Å². The number of ether oxygens (including phenoxy) is 2. The number of likely N-dealkylation sites (N-methyl/N-ethyl adjacent to an activating group) is 4. The molecular formula is C24H30Cl4N4O8S2. The maximum Gasteiger partial charge on any atom is 0.423 e. The number of halogens is 4. The van der Waals surface area contributed by atoms with E-state index in [1.807, 2.05) is 0 Å². The second kappa shape index (κ2) is 14.8. The molecular weight excluding hydrogens is 678 g/mol. The van der Waals surface area contributed by atoms with Crippen molar-refractivity contribution in [2.75, 3.05) is 68.5 Å². The number of esters is 2. The molecule has 0 spiro atoms. The Morgan fingerprint density at radius 1 is 0.595 bits per heavy atom. The van der Waals surface area contributed by atoms with Crippen LogP contribution >= 0.6 is 46.4 Å². The Morgan fingerprint density at radius 2 is 0.905 bits per heavy atom. The molecule has 0 N–H and O–H groups in total. The first-order chi connectivity index (χ1) is 19.3. The molecule has 2 rings (SSSR count). The van der Waals surface area contributed by atoms with Gasteiger partial charge in [-0.1, -0.05) is 46.4 Å². The fraction of sp³-hybridized carbons (Fsp3) is 0.417. The zero-order chi connectivity index (χ0) is 32.2. The van der Waals surface area contributed by atoms with Gasteiger partial charge in [0, 0.05) is 50.3 Å². The van der Waals surface area contributed by atoms with Crippen molar-refractivity contribution < 1.29 is 35.9 Å². The van der Waals surface area contributed by atoms with E-state index in [1.165, 1.54) is 14.1 Å². The number of nitrogens with zero attached hydrogens (tertiary/aromatic N) is 4. The Balaban J connectivity index is 2.45. The van der Waals surface area contributed by atoms with E-state index < -0.39 is 63.3 Å². The summed E-state index contributed by atoms with van der Waals surface area (Å²) in [7, 11) is 0.972. The predicted molar refractivity (Wildman–Crippen MR) is 161 cm³/mol. The van der Waals surface area contributed by atoms with Crippen molar-refractivity contribution in [2.24, 2.45) is 0 Å². The van der Waals surface area contributed by atoms with E-state index in [-0.39, 0.29) is 23.1 Å². The molecule has 2 aromatic rings. The van der Waals surface area contributed by atoms with Crippen LogP contribution in [0.3, 0.4) is 0 Å². The third-order valence-corrected chi connectivity index (χ3v) is 10.3. The fourth-order valence-corrected chi connectivity index (χ4v) is 7.13. The van der Waals surface area contributed by atoms with Crippen molar-refractivity contribution in [3.63, 3.8) is 0 Å². The van der Waals surface area contributed by atoms with Crippen LogP contribution in [-0.2, 0) is 29.6 Å². The molecule has 0 heterocycles. The molecule has 0 radical (unpaired) electrons. The molecule has 2 aromatic carbocycles. The molecule has 234 valence electrons. The minimum atomic E-state index is -4.31. The smallest absolute Gasteiger partial charge is 0.415 e. The van der Waals surface area contributed by atoms with Gasteiger partial charge in [-0.3, -0.25) is 0 Å². The van der Waals surface area contributed by atoms with Crippen molar-refractivity contribution >= 4 is 78.4 Å². The van der Waals surface area contributed by atoms with Crippen molar-refractivity contribution in [1.82, 2.24) is 18.4 Å². The van der Waals surface area contributed by atoms with Gasteiger partial charge in [-0.2, -0.15) is 8.61 Å². The minimum Gasteiger partial charge on any atom is -0.415 e. The number of hydrogen-bond donors (Lipinski definition) is 0. The van der Waals surface area contributed by atoms with Crippen LogP contribution in [0.1, 0.15) is 0 Å². The molecule has 0 bridgehead atoms. The Morgan fingerprint density at radius 3 is 1.19 bits per heavy atom. The Bertz CT molecular complexity index is 1440. The highest BCUT2D eigenvalue weighted by Gasteiger charge is 2.33.